The molecule has 0 heteroatoms. The summed E-state index contributed by atoms with van der Waals surface area (Å²) in [4.78, 5) is 0. The zero-order valence-electron chi connectivity index (χ0n) is 40.3. The Morgan fingerprint density at radius 1 is 0.234 bits per heavy atom. The van der Waals surface area contributed by atoms with E-state index in [-0.39, 0.29) is 0 Å². The maximum atomic E-state index is 2.52. The van der Waals surface area contributed by atoms with E-state index in [0.29, 0.717) is 0 Å². The van der Waals surface area contributed by atoms with Gasteiger partial charge in [0.05, 0.1) is 0 Å². The topological polar surface area (TPSA) is 0 Å². The minimum absolute atomic E-state index is 0.953. The van der Waals surface area contributed by atoms with Crippen molar-refractivity contribution in [1.82, 2.24) is 0 Å². The second kappa shape index (κ2) is 22.3. The van der Waals surface area contributed by atoms with Crippen molar-refractivity contribution in [2.75, 3.05) is 0 Å². The summed E-state index contributed by atoms with van der Waals surface area (Å²) in [5, 5.41) is 0. The number of benzene rings is 6. The second-order valence-corrected chi connectivity index (χ2v) is 18.0. The van der Waals surface area contributed by atoms with Crippen LogP contribution in [0.3, 0.4) is 0 Å². The lowest BCUT2D eigenvalue weighted by atomic mass is 9.86. The molecule has 6 aromatic rings. The van der Waals surface area contributed by atoms with E-state index in [0.717, 1.165) is 77.0 Å². The lowest BCUT2D eigenvalue weighted by Gasteiger charge is -2.19. The normalized spacial score (nSPS) is 13.0. The van der Waals surface area contributed by atoms with Gasteiger partial charge in [-0.1, -0.05) is 201 Å². The Kier molecular flexibility index (Phi) is 16.1. The predicted molar refractivity (Wildman–Crippen MR) is 284 cm³/mol. The number of rotatable bonds is 16. The van der Waals surface area contributed by atoms with Crippen molar-refractivity contribution < 1.29 is 0 Å². The third kappa shape index (κ3) is 11.9. The van der Waals surface area contributed by atoms with E-state index in [2.05, 4.69) is 201 Å². The molecule has 0 N–H and O–H groups in total. The highest BCUT2D eigenvalue weighted by molar-refractivity contribution is 5.79. The van der Waals surface area contributed by atoms with E-state index in [9.17, 15) is 0 Å². The molecule has 0 aliphatic heterocycles. The van der Waals surface area contributed by atoms with Crippen LogP contribution in [0.5, 0.6) is 0 Å². The molecule has 328 valence electrons. The predicted octanol–water partition coefficient (Wildman–Crippen LogP) is 16.8. The quantitative estimate of drug-likeness (QED) is 0.0852. The van der Waals surface area contributed by atoms with Gasteiger partial charge in [0.15, 0.2) is 0 Å². The molecule has 0 atom stereocenters. The molecule has 0 nitrogen and oxygen atoms in total. The highest BCUT2D eigenvalue weighted by Crippen LogP contribution is 2.31. The summed E-state index contributed by atoms with van der Waals surface area (Å²) in [6, 6.07) is 38.5. The van der Waals surface area contributed by atoms with Crippen molar-refractivity contribution in [2.45, 2.75) is 132 Å². The van der Waals surface area contributed by atoms with Gasteiger partial charge in [0, 0.05) is 0 Å². The Morgan fingerprint density at radius 3 is 0.562 bits per heavy atom. The van der Waals surface area contributed by atoms with Crippen LogP contribution in [0, 0.1) is 0 Å². The Labute approximate surface area is 387 Å². The molecule has 0 heterocycles. The number of aryl methyl sites for hydroxylation is 12. The molecule has 0 saturated carbocycles. The summed E-state index contributed by atoms with van der Waals surface area (Å²) in [7, 11) is 0. The van der Waals surface area contributed by atoms with Crippen molar-refractivity contribution in [2.24, 2.45) is 0 Å². The lowest BCUT2D eigenvalue weighted by molar-refractivity contribution is 0.912. The molecule has 4 aliphatic carbocycles. The van der Waals surface area contributed by atoms with Crippen LogP contribution in [-0.2, 0) is 77.0 Å². The van der Waals surface area contributed by atoms with Crippen LogP contribution >= 0.6 is 0 Å². The van der Waals surface area contributed by atoms with Crippen LogP contribution in [0.2, 0.25) is 0 Å². The summed E-state index contributed by atoms with van der Waals surface area (Å²) in [6.45, 7) is 18.1. The zero-order chi connectivity index (χ0) is 45.0. The Balaban J connectivity index is 1.36. The number of hydrogen-bond donors (Lipinski definition) is 0. The first-order chi connectivity index (χ1) is 31.2. The molecular formula is C64H72. The number of hydrogen-bond acceptors (Lipinski definition) is 0. The van der Waals surface area contributed by atoms with Crippen molar-refractivity contribution in [3.63, 3.8) is 0 Å². The third-order valence-electron chi connectivity index (χ3n) is 13.5. The molecular weight excluding hydrogens is 769 g/mol. The van der Waals surface area contributed by atoms with E-state index < -0.39 is 0 Å². The van der Waals surface area contributed by atoms with Gasteiger partial charge in [-0.15, -0.1) is 0 Å². The van der Waals surface area contributed by atoms with Gasteiger partial charge in [-0.05, 0) is 188 Å². The third-order valence-corrected chi connectivity index (χ3v) is 13.5. The van der Waals surface area contributed by atoms with E-state index in [1.807, 2.05) is 0 Å². The Bertz CT molecular complexity index is 2220. The first-order valence-corrected chi connectivity index (χ1v) is 24.8. The van der Waals surface area contributed by atoms with E-state index >= 15 is 0 Å². The van der Waals surface area contributed by atoms with Gasteiger partial charge in [-0.25, -0.2) is 0 Å². The van der Waals surface area contributed by atoms with Gasteiger partial charge in [0.25, 0.3) is 0 Å². The summed E-state index contributed by atoms with van der Waals surface area (Å²) >= 11 is 0. The van der Waals surface area contributed by atoms with Crippen LogP contribution < -0.4 is 0 Å². The van der Waals surface area contributed by atoms with Crippen molar-refractivity contribution in [3.05, 3.63) is 208 Å². The maximum absolute atomic E-state index is 2.52. The fraction of sp³-hybridized carbons (Fsp3) is 0.312. The summed E-state index contributed by atoms with van der Waals surface area (Å²) in [5.74, 6) is 0. The van der Waals surface area contributed by atoms with Crippen molar-refractivity contribution >= 4 is 48.6 Å². The average molecular weight is 841 g/mol. The van der Waals surface area contributed by atoms with E-state index in [1.165, 1.54) is 111 Å². The zero-order valence-corrected chi connectivity index (χ0v) is 40.3. The molecule has 0 fully saturated rings. The van der Waals surface area contributed by atoms with Crippen LogP contribution in [0.4, 0.5) is 0 Å². The maximum Gasteiger partial charge on any atom is -0.0221 e. The van der Waals surface area contributed by atoms with Crippen molar-refractivity contribution in [1.29, 1.82) is 0 Å². The van der Waals surface area contributed by atoms with Gasteiger partial charge in [-0.2, -0.15) is 0 Å². The average Bonchev–Trinajstić information content (AvgIpc) is 3.34. The molecule has 0 spiro atoms. The van der Waals surface area contributed by atoms with Gasteiger partial charge >= 0.3 is 0 Å². The van der Waals surface area contributed by atoms with Gasteiger partial charge < -0.3 is 0 Å². The minimum Gasteiger partial charge on any atom is -0.0613 e. The molecule has 0 unspecified atom stereocenters. The van der Waals surface area contributed by atoms with Crippen LogP contribution in [0.15, 0.2) is 97.1 Å². The molecule has 0 amide bonds. The molecule has 0 saturated heterocycles. The SMILES string of the molecule is CCc1cc(/C=C\c2cc3c(/C=C/c4cc(CC)cc(CC)c4)cc2CCc2cc(/C=C/c4cc(CC)cc(CC)c4)c(cc2/C=C/c2cc(CC)cc(CC)c2)CC3)cc(CC)c1. The van der Waals surface area contributed by atoms with Gasteiger partial charge in [-0.3, -0.25) is 0 Å². The van der Waals surface area contributed by atoms with E-state index in [4.69, 9.17) is 0 Å². The fourth-order valence-corrected chi connectivity index (χ4v) is 9.41. The first kappa shape index (κ1) is 46.3. The highest BCUT2D eigenvalue weighted by atomic mass is 14.2. The largest absolute Gasteiger partial charge is 0.0613 e. The first-order valence-electron chi connectivity index (χ1n) is 24.8. The molecule has 4 aliphatic rings. The summed E-state index contributed by atoms with van der Waals surface area (Å²) < 4.78 is 0. The van der Waals surface area contributed by atoms with Crippen LogP contribution in [-0.4, -0.2) is 0 Å². The summed E-state index contributed by atoms with van der Waals surface area (Å²) in [6.07, 6.45) is 31.3. The highest BCUT2D eigenvalue weighted by Gasteiger charge is 2.15. The van der Waals surface area contributed by atoms with Gasteiger partial charge in [0.2, 0.25) is 0 Å². The van der Waals surface area contributed by atoms with Crippen LogP contribution in [0.1, 0.15) is 167 Å². The molecule has 64 heavy (non-hydrogen) atoms. The minimum atomic E-state index is 0.953. The van der Waals surface area contributed by atoms with Crippen LogP contribution in [0.25, 0.3) is 48.6 Å². The fourth-order valence-electron chi connectivity index (χ4n) is 9.41. The summed E-state index contributed by atoms with van der Waals surface area (Å²) in [5.41, 5.74) is 27.4. The molecule has 10 rings (SSSR count). The molecule has 0 radical (unpaired) electrons. The lowest BCUT2D eigenvalue weighted by Crippen LogP contribution is -2.06. The second-order valence-electron chi connectivity index (χ2n) is 18.0. The smallest absolute Gasteiger partial charge is 0.0221 e. The molecule has 6 aromatic carbocycles. The van der Waals surface area contributed by atoms with Crippen molar-refractivity contribution in [3.8, 4) is 0 Å². The monoisotopic (exact) mass is 841 g/mol. The van der Waals surface area contributed by atoms with Gasteiger partial charge in [0.1, 0.15) is 0 Å². The molecule has 4 bridgehead atoms. The molecule has 0 aromatic heterocycles. The standard InChI is InChI=1S/C64H72/c1-9-45-29-46(10-2)34-53(33-45)17-21-57-41-62-27-28-64-44-59(23-19-55-37-49(13-5)31-50(14-6)38-55)63(43-60(64)24-20-56-39-51(15-7)32-52(16-8)40-56)26-25-61(57)42-58(62)22-18-54-35-47(11-3)30-48(12-4)36-54/h17-24,29-44H,9-16,25-28H2,1-8H3/b21-17-,22-18+,23-19+,24-20+. The Morgan fingerprint density at radius 2 is 0.406 bits per heavy atom. The Hall–Kier alpha value is -5.72. The van der Waals surface area contributed by atoms with E-state index in [1.54, 1.807) is 0 Å².